The summed E-state index contributed by atoms with van der Waals surface area (Å²) in [4.78, 5) is 10.2. The highest BCUT2D eigenvalue weighted by Crippen LogP contribution is 2.30. The molecule has 0 saturated carbocycles. The summed E-state index contributed by atoms with van der Waals surface area (Å²) in [5.74, 6) is 0.861. The molecule has 25 heavy (non-hydrogen) atoms. The van der Waals surface area contributed by atoms with Gasteiger partial charge in [0.05, 0.1) is 23.7 Å². The van der Waals surface area contributed by atoms with Gasteiger partial charge in [0.25, 0.3) is 5.69 Å². The highest BCUT2D eigenvalue weighted by molar-refractivity contribution is 5.90. The van der Waals surface area contributed by atoms with E-state index in [4.69, 9.17) is 14.7 Å². The third kappa shape index (κ3) is 4.34. The number of non-ortho nitro benzene ring substituents is 1. The van der Waals surface area contributed by atoms with Crippen LogP contribution in [0.5, 0.6) is 11.5 Å². The first-order valence-corrected chi connectivity index (χ1v) is 7.13. The van der Waals surface area contributed by atoms with Gasteiger partial charge in [0.2, 0.25) is 0 Å². The number of hydrogen-bond acceptors (Lipinski definition) is 6. The molecule has 0 spiro atoms. The zero-order valence-electron chi connectivity index (χ0n) is 13.3. The van der Waals surface area contributed by atoms with Gasteiger partial charge < -0.3 is 9.47 Å². The Bertz CT molecular complexity index is 890. The van der Waals surface area contributed by atoms with E-state index in [9.17, 15) is 15.4 Å². The van der Waals surface area contributed by atoms with E-state index in [0.29, 0.717) is 28.2 Å². The minimum absolute atomic E-state index is 0.0401. The number of ether oxygens (including phenoxy) is 2. The van der Waals surface area contributed by atoms with Crippen LogP contribution in [0.25, 0.3) is 11.6 Å². The van der Waals surface area contributed by atoms with Crippen LogP contribution in [-0.4, -0.2) is 18.6 Å². The Kier molecular flexibility index (Phi) is 5.70. The molecule has 0 amide bonds. The lowest BCUT2D eigenvalue weighted by atomic mass is 10.0. The molecule has 7 nitrogen and oxygen atoms in total. The molecule has 0 unspecified atom stereocenters. The fourth-order valence-electron chi connectivity index (χ4n) is 2.11. The largest absolute Gasteiger partial charge is 0.493 e. The Morgan fingerprint density at radius 3 is 2.48 bits per heavy atom. The quantitative estimate of drug-likeness (QED) is 0.345. The van der Waals surface area contributed by atoms with Gasteiger partial charge in [-0.15, -0.1) is 0 Å². The molecule has 124 valence electrons. The first kappa shape index (κ1) is 17.5. The van der Waals surface area contributed by atoms with Crippen LogP contribution >= 0.6 is 0 Å². The van der Waals surface area contributed by atoms with Crippen molar-refractivity contribution in [2.45, 2.75) is 0 Å². The normalized spacial score (nSPS) is 10.4. The lowest BCUT2D eigenvalue weighted by Crippen LogP contribution is -1.96. The van der Waals surface area contributed by atoms with Crippen LogP contribution in [0, 0.1) is 32.8 Å². The summed E-state index contributed by atoms with van der Waals surface area (Å²) in [7, 11) is 1.48. The molecule has 0 aliphatic carbocycles. The number of rotatable bonds is 6. The van der Waals surface area contributed by atoms with Crippen molar-refractivity contribution in [2.24, 2.45) is 0 Å². The first-order chi connectivity index (χ1) is 12.1. The fraction of sp³-hybridized carbons (Fsp3) is 0.111. The Hall–Kier alpha value is -3.84. The second-order valence-electron chi connectivity index (χ2n) is 4.83. The highest BCUT2D eigenvalue weighted by atomic mass is 16.6. The van der Waals surface area contributed by atoms with E-state index in [2.05, 4.69) is 6.07 Å². The van der Waals surface area contributed by atoms with Crippen molar-refractivity contribution in [1.29, 1.82) is 10.5 Å². The minimum atomic E-state index is -0.496. The van der Waals surface area contributed by atoms with E-state index < -0.39 is 4.92 Å². The summed E-state index contributed by atoms with van der Waals surface area (Å²) in [6, 6.07) is 14.7. The molecule has 2 aromatic rings. The van der Waals surface area contributed by atoms with Gasteiger partial charge in [0.15, 0.2) is 18.1 Å². The monoisotopic (exact) mass is 335 g/mol. The van der Waals surface area contributed by atoms with E-state index in [-0.39, 0.29) is 12.3 Å². The minimum Gasteiger partial charge on any atom is -0.493 e. The van der Waals surface area contributed by atoms with Gasteiger partial charge in [-0.05, 0) is 41.5 Å². The second-order valence-corrected chi connectivity index (χ2v) is 4.83. The molecule has 0 bridgehead atoms. The van der Waals surface area contributed by atoms with Gasteiger partial charge >= 0.3 is 0 Å². The van der Waals surface area contributed by atoms with Crippen molar-refractivity contribution in [3.63, 3.8) is 0 Å². The van der Waals surface area contributed by atoms with Gasteiger partial charge in [-0.1, -0.05) is 6.07 Å². The maximum absolute atomic E-state index is 10.7. The number of nitriles is 2. The summed E-state index contributed by atoms with van der Waals surface area (Å²) < 4.78 is 10.5. The van der Waals surface area contributed by atoms with Crippen LogP contribution in [0.4, 0.5) is 5.69 Å². The van der Waals surface area contributed by atoms with E-state index >= 15 is 0 Å². The molecule has 7 heteroatoms. The third-order valence-electron chi connectivity index (χ3n) is 3.30. The number of nitrogens with zero attached hydrogens (tertiary/aromatic N) is 3. The van der Waals surface area contributed by atoms with Crippen LogP contribution < -0.4 is 9.47 Å². The molecule has 0 saturated heterocycles. The topological polar surface area (TPSA) is 109 Å². The van der Waals surface area contributed by atoms with E-state index in [0.717, 1.165) is 0 Å². The second kappa shape index (κ2) is 8.14. The van der Waals surface area contributed by atoms with Crippen LogP contribution in [0.1, 0.15) is 11.1 Å². The van der Waals surface area contributed by atoms with Gasteiger partial charge in [0, 0.05) is 12.1 Å². The standard InChI is InChI=1S/C18H13N3O4/c1-24-18-11-13(2-7-17(18)25-9-8-19)10-15(12-20)14-3-5-16(6-4-14)21(22)23/h2-7,10-11H,9H2,1H3/b15-10+. The molecular formula is C18H13N3O4. The number of nitro groups is 1. The van der Waals surface area contributed by atoms with Crippen molar-refractivity contribution >= 4 is 17.3 Å². The van der Waals surface area contributed by atoms with Crippen molar-refractivity contribution in [3.8, 4) is 23.6 Å². The van der Waals surface area contributed by atoms with Crippen LogP contribution in [0.3, 0.4) is 0 Å². The molecule has 0 aliphatic heterocycles. The Morgan fingerprint density at radius 1 is 1.20 bits per heavy atom. The number of benzene rings is 2. The summed E-state index contributed by atoms with van der Waals surface area (Å²) in [5.41, 5.74) is 1.57. The van der Waals surface area contributed by atoms with Crippen molar-refractivity contribution in [3.05, 3.63) is 63.7 Å². The molecule has 0 atom stereocenters. The smallest absolute Gasteiger partial charge is 0.269 e. The van der Waals surface area contributed by atoms with Crippen LogP contribution in [-0.2, 0) is 0 Å². The third-order valence-corrected chi connectivity index (χ3v) is 3.30. The maximum atomic E-state index is 10.7. The zero-order chi connectivity index (χ0) is 18.2. The molecule has 0 aromatic heterocycles. The summed E-state index contributed by atoms with van der Waals surface area (Å²) in [5, 5.41) is 28.6. The van der Waals surface area contributed by atoms with Crippen molar-refractivity contribution in [1.82, 2.24) is 0 Å². The summed E-state index contributed by atoms with van der Waals surface area (Å²) in [6.45, 7) is -0.0994. The zero-order valence-corrected chi connectivity index (χ0v) is 13.3. The number of allylic oxidation sites excluding steroid dienone is 1. The average molecular weight is 335 g/mol. The molecule has 0 aliphatic rings. The van der Waals surface area contributed by atoms with Gasteiger partial charge in [-0.2, -0.15) is 10.5 Å². The Morgan fingerprint density at radius 2 is 1.92 bits per heavy atom. The van der Waals surface area contributed by atoms with E-state index in [1.807, 2.05) is 6.07 Å². The molecule has 0 N–H and O–H groups in total. The Balaban J connectivity index is 2.34. The van der Waals surface area contributed by atoms with Crippen molar-refractivity contribution in [2.75, 3.05) is 13.7 Å². The van der Waals surface area contributed by atoms with Crippen LogP contribution in [0.2, 0.25) is 0 Å². The summed E-state index contributed by atoms with van der Waals surface area (Å²) in [6.07, 6.45) is 1.64. The van der Waals surface area contributed by atoms with Gasteiger partial charge in [-0.3, -0.25) is 10.1 Å². The summed E-state index contributed by atoms with van der Waals surface area (Å²) >= 11 is 0. The molecule has 2 aromatic carbocycles. The first-order valence-electron chi connectivity index (χ1n) is 7.13. The fourth-order valence-corrected chi connectivity index (χ4v) is 2.11. The maximum Gasteiger partial charge on any atom is 0.269 e. The molecule has 2 rings (SSSR count). The predicted octanol–water partition coefficient (Wildman–Crippen LogP) is 3.57. The van der Waals surface area contributed by atoms with Crippen LogP contribution in [0.15, 0.2) is 42.5 Å². The predicted molar refractivity (Wildman–Crippen MR) is 90.7 cm³/mol. The number of nitro benzene ring substituents is 1. The SMILES string of the molecule is COc1cc(/C=C(\C#N)c2ccc([N+](=O)[O-])cc2)ccc1OCC#N. The van der Waals surface area contributed by atoms with E-state index in [1.54, 1.807) is 24.3 Å². The molecule has 0 radical (unpaired) electrons. The van der Waals surface area contributed by atoms with Gasteiger partial charge in [0.1, 0.15) is 6.07 Å². The number of methoxy groups -OCH3 is 1. The van der Waals surface area contributed by atoms with E-state index in [1.165, 1.54) is 31.4 Å². The van der Waals surface area contributed by atoms with Gasteiger partial charge in [-0.25, -0.2) is 0 Å². The highest BCUT2D eigenvalue weighted by Gasteiger charge is 2.09. The Labute approximate surface area is 144 Å². The number of hydrogen-bond donors (Lipinski definition) is 0. The molecule has 0 fully saturated rings. The molecular weight excluding hydrogens is 322 g/mol. The molecule has 0 heterocycles. The van der Waals surface area contributed by atoms with Crippen molar-refractivity contribution < 1.29 is 14.4 Å². The lowest BCUT2D eigenvalue weighted by molar-refractivity contribution is -0.384. The lowest BCUT2D eigenvalue weighted by Gasteiger charge is -2.09. The average Bonchev–Trinajstić information content (AvgIpc) is 2.64.